The smallest absolute Gasteiger partial charge is 0.101 e. The van der Waals surface area contributed by atoms with Crippen LogP contribution in [0.5, 0.6) is 0 Å². The van der Waals surface area contributed by atoms with Gasteiger partial charge in [0.05, 0.1) is 5.56 Å². The van der Waals surface area contributed by atoms with Gasteiger partial charge in [-0.2, -0.15) is 5.26 Å². The first-order valence-corrected chi connectivity index (χ1v) is 4.34. The molecule has 0 aliphatic heterocycles. The second kappa shape index (κ2) is 3.68. The summed E-state index contributed by atoms with van der Waals surface area (Å²) in [5.74, 6) is 5.92. The van der Waals surface area contributed by atoms with Gasteiger partial charge in [0.15, 0.2) is 0 Å². The largest absolute Gasteiger partial charge is 0.360 e. The number of allylic oxidation sites excluding steroid dienone is 4. The molecule has 2 heteroatoms. The first-order valence-electron chi connectivity index (χ1n) is 4.34. The predicted octanol–water partition coefficient (Wildman–Crippen LogP) is 2.23. The van der Waals surface area contributed by atoms with Crippen LogP contribution in [0.25, 0.3) is 5.57 Å². The molecular weight excluding hydrogens is 172 g/mol. The van der Waals surface area contributed by atoms with Gasteiger partial charge in [0.25, 0.3) is 0 Å². The number of aromatic nitrogens is 1. The van der Waals surface area contributed by atoms with Gasteiger partial charge in [0.1, 0.15) is 6.07 Å². The zero-order valence-corrected chi connectivity index (χ0v) is 7.54. The Morgan fingerprint density at radius 1 is 1.50 bits per heavy atom. The van der Waals surface area contributed by atoms with Crippen molar-refractivity contribution in [1.29, 1.82) is 5.26 Å². The lowest BCUT2D eigenvalue weighted by Gasteiger charge is -1.94. The van der Waals surface area contributed by atoms with Crippen molar-refractivity contribution in [3.8, 4) is 17.9 Å². The number of rotatable bonds is 1. The highest BCUT2D eigenvalue weighted by Crippen LogP contribution is 2.16. The summed E-state index contributed by atoms with van der Waals surface area (Å²) in [6.07, 6.45) is 8.35. The summed E-state index contributed by atoms with van der Waals surface area (Å²) < 4.78 is 0. The average Bonchev–Trinajstić information content (AvgIpc) is 2.53. The lowest BCUT2D eigenvalue weighted by Crippen LogP contribution is -1.78. The van der Waals surface area contributed by atoms with E-state index < -0.39 is 0 Å². The molecule has 0 spiro atoms. The molecule has 0 fully saturated rings. The lowest BCUT2D eigenvalue weighted by atomic mass is 10.1. The average molecular weight is 180 g/mol. The van der Waals surface area contributed by atoms with Gasteiger partial charge in [-0.05, 0) is 12.1 Å². The molecule has 66 valence electrons. The van der Waals surface area contributed by atoms with E-state index in [1.165, 1.54) is 0 Å². The number of nitrogens with one attached hydrogen (secondary N) is 1. The van der Waals surface area contributed by atoms with Crippen molar-refractivity contribution in [2.24, 2.45) is 0 Å². The van der Waals surface area contributed by atoms with Crippen LogP contribution in [0.15, 0.2) is 30.5 Å². The van der Waals surface area contributed by atoms with Crippen LogP contribution in [-0.4, -0.2) is 4.98 Å². The van der Waals surface area contributed by atoms with Crippen molar-refractivity contribution in [1.82, 2.24) is 4.98 Å². The molecular formula is C12H8N2. The summed E-state index contributed by atoms with van der Waals surface area (Å²) in [6, 6.07) is 3.91. The first-order chi connectivity index (χ1) is 6.90. The van der Waals surface area contributed by atoms with Crippen LogP contribution in [-0.2, 0) is 0 Å². The number of hydrogen-bond donors (Lipinski definition) is 1. The summed E-state index contributed by atoms with van der Waals surface area (Å²) in [5, 5.41) is 8.67. The minimum absolute atomic E-state index is 0.645. The normalized spacial score (nSPS) is 13.5. The van der Waals surface area contributed by atoms with Gasteiger partial charge >= 0.3 is 0 Å². The van der Waals surface area contributed by atoms with Crippen molar-refractivity contribution in [2.75, 3.05) is 0 Å². The molecule has 0 amide bonds. The quantitative estimate of drug-likeness (QED) is 0.661. The second-order valence-electron chi connectivity index (χ2n) is 2.94. The van der Waals surface area contributed by atoms with Crippen molar-refractivity contribution in [3.63, 3.8) is 0 Å². The molecule has 1 aliphatic carbocycles. The van der Waals surface area contributed by atoms with E-state index in [2.05, 4.69) is 22.9 Å². The summed E-state index contributed by atoms with van der Waals surface area (Å²) in [5.41, 5.74) is 2.61. The highest BCUT2D eigenvalue weighted by molar-refractivity contribution is 5.75. The molecule has 1 heterocycles. The van der Waals surface area contributed by atoms with Crippen LogP contribution in [0.2, 0.25) is 0 Å². The molecule has 14 heavy (non-hydrogen) atoms. The van der Waals surface area contributed by atoms with Crippen molar-refractivity contribution < 1.29 is 0 Å². The second-order valence-corrected chi connectivity index (χ2v) is 2.94. The maximum atomic E-state index is 8.67. The molecule has 0 atom stereocenters. The molecule has 0 aromatic carbocycles. The summed E-state index contributed by atoms with van der Waals surface area (Å²) in [6.45, 7) is 0. The fraction of sp³-hybridized carbons (Fsp3) is 0.0833. The Morgan fingerprint density at radius 2 is 2.43 bits per heavy atom. The van der Waals surface area contributed by atoms with Crippen LogP contribution < -0.4 is 0 Å². The molecule has 2 nitrogen and oxygen atoms in total. The summed E-state index contributed by atoms with van der Waals surface area (Å²) >= 11 is 0. The van der Waals surface area contributed by atoms with Crippen molar-refractivity contribution in [2.45, 2.75) is 6.42 Å². The topological polar surface area (TPSA) is 39.6 Å². The zero-order valence-electron chi connectivity index (χ0n) is 7.54. The third-order valence-corrected chi connectivity index (χ3v) is 1.97. The third kappa shape index (κ3) is 1.60. The number of aromatic amines is 1. The molecule has 0 bridgehead atoms. The molecule has 0 saturated carbocycles. The van der Waals surface area contributed by atoms with Crippen LogP contribution >= 0.6 is 0 Å². The monoisotopic (exact) mass is 180 g/mol. The Hall–Kier alpha value is -2.19. The van der Waals surface area contributed by atoms with E-state index in [0.29, 0.717) is 5.56 Å². The van der Waals surface area contributed by atoms with E-state index in [0.717, 1.165) is 17.7 Å². The van der Waals surface area contributed by atoms with E-state index in [-0.39, 0.29) is 0 Å². The van der Waals surface area contributed by atoms with Gasteiger partial charge in [-0.15, -0.1) is 0 Å². The van der Waals surface area contributed by atoms with Crippen molar-refractivity contribution >= 4 is 5.57 Å². The van der Waals surface area contributed by atoms with Crippen LogP contribution in [0.1, 0.15) is 17.7 Å². The van der Waals surface area contributed by atoms with Crippen LogP contribution in [0, 0.1) is 23.2 Å². The van der Waals surface area contributed by atoms with Crippen LogP contribution in [0.3, 0.4) is 0 Å². The third-order valence-electron chi connectivity index (χ3n) is 1.97. The Bertz CT molecular complexity index is 498. The summed E-state index contributed by atoms with van der Waals surface area (Å²) in [7, 11) is 0. The van der Waals surface area contributed by atoms with E-state index in [1.807, 2.05) is 24.3 Å². The summed E-state index contributed by atoms with van der Waals surface area (Å²) in [4.78, 5) is 3.04. The Labute approximate surface area is 82.6 Å². The molecule has 1 N–H and O–H groups in total. The molecule has 1 aliphatic rings. The maximum absolute atomic E-state index is 8.67. The van der Waals surface area contributed by atoms with Gasteiger partial charge in [0, 0.05) is 23.9 Å². The molecule has 2 rings (SSSR count). The highest BCUT2D eigenvalue weighted by Gasteiger charge is 2.01. The van der Waals surface area contributed by atoms with E-state index in [1.54, 1.807) is 6.20 Å². The van der Waals surface area contributed by atoms with Gasteiger partial charge < -0.3 is 4.98 Å². The Kier molecular flexibility index (Phi) is 2.21. The van der Waals surface area contributed by atoms with Crippen LogP contribution in [0.4, 0.5) is 0 Å². The lowest BCUT2D eigenvalue weighted by molar-refractivity contribution is 1.35. The Morgan fingerprint density at radius 3 is 3.21 bits per heavy atom. The van der Waals surface area contributed by atoms with Gasteiger partial charge in [-0.25, -0.2) is 0 Å². The van der Waals surface area contributed by atoms with E-state index >= 15 is 0 Å². The first kappa shape index (κ1) is 8.41. The fourth-order valence-corrected chi connectivity index (χ4v) is 1.27. The minimum Gasteiger partial charge on any atom is -0.360 e. The highest BCUT2D eigenvalue weighted by atomic mass is 14.7. The van der Waals surface area contributed by atoms with Gasteiger partial charge in [-0.1, -0.05) is 24.0 Å². The molecule has 1 aromatic heterocycles. The fourth-order valence-electron chi connectivity index (χ4n) is 1.27. The Balaban J connectivity index is 2.37. The number of nitrogens with zero attached hydrogens (tertiary/aromatic N) is 1. The predicted molar refractivity (Wildman–Crippen MR) is 55.0 cm³/mol. The maximum Gasteiger partial charge on any atom is 0.101 e. The van der Waals surface area contributed by atoms with Gasteiger partial charge in [-0.3, -0.25) is 0 Å². The molecule has 1 aromatic rings. The number of H-pyrrole nitrogens is 1. The number of hydrogen-bond acceptors (Lipinski definition) is 1. The zero-order chi connectivity index (χ0) is 9.80. The molecule has 0 unspecified atom stereocenters. The minimum atomic E-state index is 0.645. The van der Waals surface area contributed by atoms with Gasteiger partial charge in [0.2, 0.25) is 0 Å². The molecule has 0 saturated heterocycles. The van der Waals surface area contributed by atoms with E-state index in [4.69, 9.17) is 5.26 Å². The molecule has 0 radical (unpaired) electrons. The SMILES string of the molecule is N#Cc1c[nH]c(C2=CC#CCC=C2)c1. The van der Waals surface area contributed by atoms with E-state index in [9.17, 15) is 0 Å². The standard InChI is InChI=1S/C12H8N2/c13-8-10-7-12(14-9-10)11-5-3-1-2-4-6-11/h3,5-7,9,14H,1H2. The van der Waals surface area contributed by atoms with Crippen molar-refractivity contribution in [3.05, 3.63) is 41.7 Å². The number of nitriles is 1.